The maximum atomic E-state index is 13.5. The smallest absolute Gasteiger partial charge is 0.243 e. The highest BCUT2D eigenvalue weighted by molar-refractivity contribution is 5.88. The second-order valence-corrected chi connectivity index (χ2v) is 10.8. The number of amides is 2. The summed E-state index contributed by atoms with van der Waals surface area (Å²) in [5.41, 5.74) is 4.79. The van der Waals surface area contributed by atoms with Gasteiger partial charge in [-0.05, 0) is 60.3 Å². The fraction of sp³-hybridized carbons (Fsp3) is 0.533. The van der Waals surface area contributed by atoms with Gasteiger partial charge in [0.1, 0.15) is 6.04 Å². The molecule has 0 bridgehead atoms. The molecule has 0 heterocycles. The highest BCUT2D eigenvalue weighted by atomic mass is 16.2. The number of aryl methyl sites for hydroxylation is 2. The standard InChI is InChI=1S/C30H42N2O2/c1-6-27(29(34)31-26-13-9-10-14-26)32(21-24-12-8-7-11-22(24)2)28(33)20-17-23-15-18-25(19-16-23)30(3,4)5/h7-8,11-12,15-16,18-19,26-27H,6,9-10,13-14,17,20-21H2,1-5H3,(H,31,34)/t27-/m0/s1. The Morgan fingerprint density at radius 2 is 1.68 bits per heavy atom. The van der Waals surface area contributed by atoms with Crippen LogP contribution in [0.3, 0.4) is 0 Å². The van der Waals surface area contributed by atoms with E-state index in [-0.39, 0.29) is 23.3 Å². The molecule has 184 valence electrons. The highest BCUT2D eigenvalue weighted by Crippen LogP contribution is 2.23. The van der Waals surface area contributed by atoms with Gasteiger partial charge >= 0.3 is 0 Å². The fourth-order valence-electron chi connectivity index (χ4n) is 4.82. The van der Waals surface area contributed by atoms with Crippen molar-refractivity contribution in [2.75, 3.05) is 0 Å². The van der Waals surface area contributed by atoms with E-state index in [2.05, 4.69) is 69.4 Å². The van der Waals surface area contributed by atoms with Gasteiger partial charge in [-0.25, -0.2) is 0 Å². The third-order valence-corrected chi connectivity index (χ3v) is 7.14. The van der Waals surface area contributed by atoms with E-state index in [0.29, 0.717) is 25.8 Å². The molecule has 1 saturated carbocycles. The number of rotatable bonds is 9. The molecule has 1 N–H and O–H groups in total. The van der Waals surface area contributed by atoms with Crippen LogP contribution in [0.4, 0.5) is 0 Å². The molecular formula is C30H42N2O2. The quantitative estimate of drug-likeness (QED) is 0.490. The van der Waals surface area contributed by atoms with Crippen molar-refractivity contribution in [1.29, 1.82) is 0 Å². The van der Waals surface area contributed by atoms with Crippen molar-refractivity contribution in [3.63, 3.8) is 0 Å². The van der Waals surface area contributed by atoms with Crippen LogP contribution in [0.15, 0.2) is 48.5 Å². The molecular weight excluding hydrogens is 420 g/mol. The first-order valence-electron chi connectivity index (χ1n) is 12.9. The third kappa shape index (κ3) is 6.94. The van der Waals surface area contributed by atoms with E-state index in [0.717, 1.165) is 29.5 Å². The van der Waals surface area contributed by atoms with Gasteiger partial charge in [-0.2, -0.15) is 0 Å². The van der Waals surface area contributed by atoms with Gasteiger partial charge in [-0.1, -0.05) is 89.1 Å². The average molecular weight is 463 g/mol. The lowest BCUT2D eigenvalue weighted by Gasteiger charge is -2.32. The second-order valence-electron chi connectivity index (χ2n) is 10.8. The zero-order valence-corrected chi connectivity index (χ0v) is 21.7. The summed E-state index contributed by atoms with van der Waals surface area (Å²) in [5, 5.41) is 3.23. The molecule has 3 rings (SSSR count). The van der Waals surface area contributed by atoms with Gasteiger partial charge in [-0.15, -0.1) is 0 Å². The van der Waals surface area contributed by atoms with Gasteiger partial charge in [0, 0.05) is 19.0 Å². The molecule has 4 nitrogen and oxygen atoms in total. The Morgan fingerprint density at radius 1 is 1.03 bits per heavy atom. The number of carbonyl (C=O) groups excluding carboxylic acids is 2. The minimum absolute atomic E-state index is 0.00846. The monoisotopic (exact) mass is 462 g/mol. The summed E-state index contributed by atoms with van der Waals surface area (Å²) in [6, 6.07) is 16.5. The Morgan fingerprint density at radius 3 is 2.26 bits per heavy atom. The topological polar surface area (TPSA) is 49.4 Å². The summed E-state index contributed by atoms with van der Waals surface area (Å²) in [4.78, 5) is 28.6. The SMILES string of the molecule is CC[C@@H](C(=O)NC1CCCC1)N(Cc1ccccc1C)C(=O)CCc1ccc(C(C)(C)C)cc1. The van der Waals surface area contributed by atoms with Crippen LogP contribution < -0.4 is 5.32 Å². The van der Waals surface area contributed by atoms with Crippen LogP contribution in [-0.2, 0) is 28.0 Å². The lowest BCUT2D eigenvalue weighted by Crippen LogP contribution is -2.51. The summed E-state index contributed by atoms with van der Waals surface area (Å²) in [6.45, 7) is 11.1. The molecule has 34 heavy (non-hydrogen) atoms. The Kier molecular flexibility index (Phi) is 8.93. The Bertz CT molecular complexity index is 953. The van der Waals surface area contributed by atoms with E-state index < -0.39 is 6.04 Å². The van der Waals surface area contributed by atoms with Crippen LogP contribution in [-0.4, -0.2) is 28.8 Å². The maximum Gasteiger partial charge on any atom is 0.243 e. The van der Waals surface area contributed by atoms with Gasteiger partial charge in [0.15, 0.2) is 0 Å². The van der Waals surface area contributed by atoms with Gasteiger partial charge in [0.05, 0.1) is 0 Å². The lowest BCUT2D eigenvalue weighted by atomic mass is 9.86. The summed E-state index contributed by atoms with van der Waals surface area (Å²) in [5.74, 6) is 0.0300. The fourth-order valence-corrected chi connectivity index (χ4v) is 4.82. The van der Waals surface area contributed by atoms with Crippen LogP contribution in [0.2, 0.25) is 0 Å². The van der Waals surface area contributed by atoms with Crippen molar-refractivity contribution in [1.82, 2.24) is 10.2 Å². The third-order valence-electron chi connectivity index (χ3n) is 7.14. The molecule has 0 aromatic heterocycles. The predicted molar refractivity (Wildman–Crippen MR) is 140 cm³/mol. The molecule has 2 amide bonds. The second kappa shape index (κ2) is 11.7. The summed E-state index contributed by atoms with van der Waals surface area (Å²) < 4.78 is 0. The average Bonchev–Trinajstić information content (AvgIpc) is 3.31. The van der Waals surface area contributed by atoms with Crippen molar-refractivity contribution in [3.8, 4) is 0 Å². The largest absolute Gasteiger partial charge is 0.352 e. The van der Waals surface area contributed by atoms with Crippen LogP contribution in [0.5, 0.6) is 0 Å². The van der Waals surface area contributed by atoms with E-state index in [1.54, 1.807) is 0 Å². The molecule has 1 fully saturated rings. The minimum atomic E-state index is -0.448. The Balaban J connectivity index is 1.75. The van der Waals surface area contributed by atoms with Crippen LogP contribution in [0.1, 0.15) is 88.5 Å². The molecule has 0 saturated heterocycles. The van der Waals surface area contributed by atoms with E-state index in [9.17, 15) is 9.59 Å². The van der Waals surface area contributed by atoms with Gasteiger partial charge in [0.2, 0.25) is 11.8 Å². The van der Waals surface area contributed by atoms with E-state index in [4.69, 9.17) is 0 Å². The van der Waals surface area contributed by atoms with Gasteiger partial charge < -0.3 is 10.2 Å². The number of nitrogens with one attached hydrogen (secondary N) is 1. The molecule has 0 radical (unpaired) electrons. The molecule has 1 aliphatic carbocycles. The van der Waals surface area contributed by atoms with Gasteiger partial charge in [-0.3, -0.25) is 9.59 Å². The molecule has 2 aromatic rings. The van der Waals surface area contributed by atoms with Crippen molar-refractivity contribution in [2.45, 2.75) is 104 Å². The van der Waals surface area contributed by atoms with Crippen molar-refractivity contribution >= 4 is 11.8 Å². The first-order valence-corrected chi connectivity index (χ1v) is 12.9. The van der Waals surface area contributed by atoms with Crippen molar-refractivity contribution in [3.05, 3.63) is 70.8 Å². The normalized spacial score (nSPS) is 15.2. The molecule has 0 aliphatic heterocycles. The number of hydrogen-bond donors (Lipinski definition) is 1. The van der Waals surface area contributed by atoms with Gasteiger partial charge in [0.25, 0.3) is 0 Å². The molecule has 1 atom stereocenters. The first-order chi connectivity index (χ1) is 16.2. The summed E-state index contributed by atoms with van der Waals surface area (Å²) >= 11 is 0. The lowest BCUT2D eigenvalue weighted by molar-refractivity contribution is -0.141. The number of carbonyl (C=O) groups is 2. The highest BCUT2D eigenvalue weighted by Gasteiger charge is 2.30. The Hall–Kier alpha value is -2.62. The first kappa shape index (κ1) is 26.0. The van der Waals surface area contributed by atoms with Crippen LogP contribution >= 0.6 is 0 Å². The molecule has 4 heteroatoms. The summed E-state index contributed by atoms with van der Waals surface area (Å²) in [6.07, 6.45) is 6.10. The maximum absolute atomic E-state index is 13.5. The predicted octanol–water partition coefficient (Wildman–Crippen LogP) is 6.09. The molecule has 0 unspecified atom stereocenters. The zero-order valence-electron chi connectivity index (χ0n) is 21.7. The summed E-state index contributed by atoms with van der Waals surface area (Å²) in [7, 11) is 0. The Labute approximate surface area is 206 Å². The minimum Gasteiger partial charge on any atom is -0.352 e. The van der Waals surface area contributed by atoms with E-state index in [1.165, 1.54) is 18.4 Å². The van der Waals surface area contributed by atoms with Crippen molar-refractivity contribution in [2.24, 2.45) is 0 Å². The number of benzene rings is 2. The molecule has 0 spiro atoms. The van der Waals surface area contributed by atoms with Crippen molar-refractivity contribution < 1.29 is 9.59 Å². The van der Waals surface area contributed by atoms with Crippen LogP contribution in [0.25, 0.3) is 0 Å². The van der Waals surface area contributed by atoms with E-state index >= 15 is 0 Å². The van der Waals surface area contributed by atoms with E-state index in [1.807, 2.05) is 24.0 Å². The number of hydrogen-bond acceptors (Lipinski definition) is 2. The van der Waals surface area contributed by atoms with Crippen LogP contribution in [0, 0.1) is 6.92 Å². The zero-order chi connectivity index (χ0) is 24.7. The molecule has 2 aromatic carbocycles. The molecule has 1 aliphatic rings. The number of nitrogens with zero attached hydrogens (tertiary/aromatic N) is 1.